The van der Waals surface area contributed by atoms with E-state index in [-0.39, 0.29) is 41.9 Å². The van der Waals surface area contributed by atoms with Crippen molar-refractivity contribution in [1.82, 2.24) is 0 Å². The molecule has 0 aliphatic carbocycles. The van der Waals surface area contributed by atoms with Crippen molar-refractivity contribution in [3.63, 3.8) is 0 Å². The molecule has 133 valence electrons. The molecule has 2 rings (SSSR count). The predicted octanol–water partition coefficient (Wildman–Crippen LogP) is 3.35. The number of carboxylic acid groups (broad SMARTS) is 1. The smallest absolute Gasteiger partial charge is 0.347 e. The van der Waals surface area contributed by atoms with Crippen LogP contribution in [0.2, 0.25) is 0 Å². The Morgan fingerprint density at radius 1 is 1.04 bits per heavy atom. The largest absolute Gasteiger partial charge is 0.478 e. The summed E-state index contributed by atoms with van der Waals surface area (Å²) in [6, 6.07) is 12.8. The fraction of sp³-hybridized carbons (Fsp3) is 0.300. The summed E-state index contributed by atoms with van der Waals surface area (Å²) in [5.74, 6) is -0.695. The number of carbonyl (C=O) groups is 2. The predicted molar refractivity (Wildman–Crippen MR) is 103 cm³/mol. The first-order valence-corrected chi connectivity index (χ1v) is 8.05. The van der Waals surface area contributed by atoms with Crippen molar-refractivity contribution in [2.45, 2.75) is 39.7 Å². The fourth-order valence-corrected chi connectivity index (χ4v) is 2.45. The molecule has 2 aromatic carbocycles. The minimum atomic E-state index is -1.30. The molecule has 5 nitrogen and oxygen atoms in total. The Kier molecular flexibility index (Phi) is 7.87. The van der Waals surface area contributed by atoms with Gasteiger partial charge in [0.2, 0.25) is 5.91 Å². The van der Waals surface area contributed by atoms with E-state index in [0.717, 1.165) is 22.4 Å². The van der Waals surface area contributed by atoms with Gasteiger partial charge < -0.3 is 15.2 Å². The molecule has 1 amide bonds. The number of hydrogen-bond donors (Lipinski definition) is 2. The van der Waals surface area contributed by atoms with E-state index in [1.165, 1.54) is 13.8 Å². The van der Waals surface area contributed by atoms with Crippen LogP contribution in [0.4, 0.5) is 5.69 Å². The average molecular weight is 364 g/mol. The first kappa shape index (κ1) is 22.2. The molecule has 0 spiro atoms. The molecule has 0 aliphatic rings. The van der Waals surface area contributed by atoms with Gasteiger partial charge in [0.15, 0.2) is 5.60 Å². The van der Waals surface area contributed by atoms with Crippen molar-refractivity contribution in [2.75, 3.05) is 5.32 Å². The standard InChI is InChI=1S/C20H23NO4.Na/c1-13-9-14(2)11-16(10-13)21-18(22)12-15-5-7-17(8-6-15)25-20(3,4)19(23)24;/h5-11H,12H2,1-4H3,(H,21,22)(H,23,24);. The molecule has 2 aromatic rings. The Bertz CT molecular complexity index is 765. The van der Waals surface area contributed by atoms with E-state index in [9.17, 15) is 9.59 Å². The molecule has 0 bridgehead atoms. The van der Waals surface area contributed by atoms with Gasteiger partial charge in [0.05, 0.1) is 6.42 Å². The van der Waals surface area contributed by atoms with E-state index in [4.69, 9.17) is 9.84 Å². The second kappa shape index (κ2) is 9.21. The van der Waals surface area contributed by atoms with Gasteiger partial charge in [0.25, 0.3) is 0 Å². The van der Waals surface area contributed by atoms with Crippen LogP contribution in [-0.4, -0.2) is 52.1 Å². The Morgan fingerprint density at radius 3 is 2.08 bits per heavy atom. The summed E-state index contributed by atoms with van der Waals surface area (Å²) >= 11 is 0. The van der Waals surface area contributed by atoms with Gasteiger partial charge in [-0.25, -0.2) is 4.79 Å². The number of rotatable bonds is 6. The molecule has 1 radical (unpaired) electrons. The third kappa shape index (κ3) is 6.48. The third-order valence-corrected chi connectivity index (χ3v) is 3.68. The van der Waals surface area contributed by atoms with Crippen LogP contribution in [0.15, 0.2) is 42.5 Å². The monoisotopic (exact) mass is 364 g/mol. The Hall–Kier alpha value is -1.82. The van der Waals surface area contributed by atoms with E-state index in [1.807, 2.05) is 32.0 Å². The molecule has 2 N–H and O–H groups in total. The Morgan fingerprint density at radius 2 is 1.58 bits per heavy atom. The summed E-state index contributed by atoms with van der Waals surface area (Å²) < 4.78 is 5.45. The molecule has 0 saturated heterocycles. The zero-order valence-electron chi connectivity index (χ0n) is 15.9. The number of carboxylic acids is 1. The van der Waals surface area contributed by atoms with Crippen LogP contribution in [0.25, 0.3) is 0 Å². The van der Waals surface area contributed by atoms with Gasteiger partial charge in [-0.05, 0) is 68.7 Å². The van der Waals surface area contributed by atoms with E-state index in [1.54, 1.807) is 24.3 Å². The summed E-state index contributed by atoms with van der Waals surface area (Å²) in [6.07, 6.45) is 0.232. The quantitative estimate of drug-likeness (QED) is 0.771. The van der Waals surface area contributed by atoms with Crippen molar-refractivity contribution in [1.29, 1.82) is 0 Å². The number of nitrogens with one attached hydrogen (secondary N) is 1. The van der Waals surface area contributed by atoms with Gasteiger partial charge in [-0.2, -0.15) is 0 Å². The maximum Gasteiger partial charge on any atom is 0.347 e. The zero-order valence-corrected chi connectivity index (χ0v) is 17.9. The summed E-state index contributed by atoms with van der Waals surface area (Å²) in [5, 5.41) is 12.0. The fourth-order valence-electron chi connectivity index (χ4n) is 2.45. The SMILES string of the molecule is Cc1cc(C)cc(NC(=O)Cc2ccc(OC(C)(C)C(=O)O)cc2)c1.[Na]. The van der Waals surface area contributed by atoms with Crippen molar-refractivity contribution in [2.24, 2.45) is 0 Å². The number of benzene rings is 2. The molecule has 0 heterocycles. The average Bonchev–Trinajstić information content (AvgIpc) is 2.47. The number of anilines is 1. The van der Waals surface area contributed by atoms with Crippen molar-refractivity contribution in [3.8, 4) is 5.75 Å². The molecule has 6 heteroatoms. The first-order chi connectivity index (χ1) is 11.7. The summed E-state index contributed by atoms with van der Waals surface area (Å²) in [6.45, 7) is 6.95. The molecule has 26 heavy (non-hydrogen) atoms. The van der Waals surface area contributed by atoms with Crippen LogP contribution in [-0.2, 0) is 16.0 Å². The van der Waals surface area contributed by atoms with Crippen LogP contribution in [0.3, 0.4) is 0 Å². The van der Waals surface area contributed by atoms with E-state index < -0.39 is 11.6 Å². The zero-order chi connectivity index (χ0) is 18.6. The second-order valence-electron chi connectivity index (χ2n) is 6.66. The number of aryl methyl sites for hydroxylation is 2. The van der Waals surface area contributed by atoms with Gasteiger partial charge in [0, 0.05) is 35.2 Å². The molecular formula is C20H23NNaO4. The molecular weight excluding hydrogens is 341 g/mol. The minimum absolute atomic E-state index is 0. The van der Waals surface area contributed by atoms with Gasteiger partial charge in [-0.15, -0.1) is 0 Å². The normalized spacial score (nSPS) is 10.6. The number of ether oxygens (including phenoxy) is 1. The Labute approximate surface area is 176 Å². The van der Waals surface area contributed by atoms with Gasteiger partial charge in [0.1, 0.15) is 5.75 Å². The van der Waals surface area contributed by atoms with E-state index >= 15 is 0 Å². The number of aliphatic carboxylic acids is 1. The number of amides is 1. The summed E-state index contributed by atoms with van der Waals surface area (Å²) in [4.78, 5) is 23.3. The van der Waals surface area contributed by atoms with Crippen LogP contribution in [0.1, 0.15) is 30.5 Å². The number of carbonyl (C=O) groups excluding carboxylic acids is 1. The molecule has 0 saturated carbocycles. The van der Waals surface area contributed by atoms with Crippen LogP contribution in [0, 0.1) is 13.8 Å². The Balaban J connectivity index is 0.00000338. The van der Waals surface area contributed by atoms with Crippen molar-refractivity contribution < 1.29 is 19.4 Å². The molecule has 0 aliphatic heterocycles. The number of hydrogen-bond acceptors (Lipinski definition) is 3. The van der Waals surface area contributed by atoms with Crippen LogP contribution >= 0.6 is 0 Å². The topological polar surface area (TPSA) is 75.6 Å². The van der Waals surface area contributed by atoms with E-state index in [2.05, 4.69) is 5.32 Å². The first-order valence-electron chi connectivity index (χ1n) is 8.05. The maximum absolute atomic E-state index is 12.2. The third-order valence-electron chi connectivity index (χ3n) is 3.68. The van der Waals surface area contributed by atoms with Crippen LogP contribution in [0.5, 0.6) is 5.75 Å². The molecule has 0 aromatic heterocycles. The summed E-state index contributed by atoms with van der Waals surface area (Å²) in [7, 11) is 0. The van der Waals surface area contributed by atoms with Crippen molar-refractivity contribution in [3.05, 3.63) is 59.2 Å². The minimum Gasteiger partial charge on any atom is -0.478 e. The van der Waals surface area contributed by atoms with Gasteiger partial charge in [-0.3, -0.25) is 4.79 Å². The summed E-state index contributed by atoms with van der Waals surface area (Å²) in [5.41, 5.74) is 2.49. The second-order valence-corrected chi connectivity index (χ2v) is 6.66. The van der Waals surface area contributed by atoms with E-state index in [0.29, 0.717) is 5.75 Å². The molecule has 0 atom stereocenters. The van der Waals surface area contributed by atoms with Gasteiger partial charge >= 0.3 is 5.97 Å². The van der Waals surface area contributed by atoms with Crippen LogP contribution < -0.4 is 10.1 Å². The molecule has 0 unspecified atom stereocenters. The van der Waals surface area contributed by atoms with Crippen molar-refractivity contribution >= 4 is 47.1 Å². The van der Waals surface area contributed by atoms with Gasteiger partial charge in [-0.1, -0.05) is 18.2 Å². The maximum atomic E-state index is 12.2. The molecule has 0 fully saturated rings.